The second-order valence-corrected chi connectivity index (χ2v) is 3.50. The van der Waals surface area contributed by atoms with Crippen molar-refractivity contribution >= 4 is 5.97 Å². The average molecular weight is 158 g/mol. The number of hydrogen-bond acceptors (Lipinski definition) is 2. The van der Waals surface area contributed by atoms with Gasteiger partial charge in [0, 0.05) is 6.61 Å². The predicted octanol–water partition coefficient (Wildman–Crippen LogP) is 1.28. The lowest BCUT2D eigenvalue weighted by Crippen LogP contribution is -2.37. The zero-order valence-electron chi connectivity index (χ0n) is 6.96. The van der Waals surface area contributed by atoms with Crippen LogP contribution in [0.3, 0.4) is 0 Å². The zero-order chi connectivity index (χ0) is 8.48. The molecule has 0 saturated carbocycles. The third kappa shape index (κ3) is 1.71. The lowest BCUT2D eigenvalue weighted by Gasteiger charge is -2.33. The van der Waals surface area contributed by atoms with Gasteiger partial charge >= 0.3 is 5.97 Å². The molecule has 1 N–H and O–H groups in total. The highest BCUT2D eigenvalue weighted by atomic mass is 16.5. The smallest absolute Gasteiger partial charge is 0.309 e. The molecule has 0 amide bonds. The molecule has 0 unspecified atom stereocenters. The van der Waals surface area contributed by atoms with Crippen LogP contribution in [0.2, 0.25) is 0 Å². The van der Waals surface area contributed by atoms with Gasteiger partial charge in [-0.2, -0.15) is 0 Å². The Morgan fingerprint density at radius 2 is 2.36 bits per heavy atom. The van der Waals surface area contributed by atoms with Crippen molar-refractivity contribution in [3.63, 3.8) is 0 Å². The number of ether oxygens (including phenoxy) is 1. The van der Waals surface area contributed by atoms with Gasteiger partial charge in [0.1, 0.15) is 0 Å². The average Bonchev–Trinajstić information content (AvgIpc) is 1.86. The van der Waals surface area contributed by atoms with Gasteiger partial charge in [0.05, 0.1) is 11.5 Å². The zero-order valence-corrected chi connectivity index (χ0v) is 6.96. The van der Waals surface area contributed by atoms with Gasteiger partial charge in [0.25, 0.3) is 0 Å². The predicted molar refractivity (Wildman–Crippen MR) is 40.4 cm³/mol. The first-order chi connectivity index (χ1) is 5.04. The third-order valence-electron chi connectivity index (χ3n) is 2.31. The van der Waals surface area contributed by atoms with Crippen LogP contribution >= 0.6 is 0 Å². The summed E-state index contributed by atoms with van der Waals surface area (Å²) in [6.07, 6.45) is 1.35. The summed E-state index contributed by atoms with van der Waals surface area (Å²) in [5.74, 6) is -0.701. The summed E-state index contributed by atoms with van der Waals surface area (Å²) in [6, 6.07) is 0. The van der Waals surface area contributed by atoms with E-state index in [1.807, 2.05) is 6.92 Å². The fourth-order valence-electron chi connectivity index (χ4n) is 1.48. The molecule has 1 aliphatic heterocycles. The number of carboxylic acids is 1. The fraction of sp³-hybridized carbons (Fsp3) is 0.875. The molecule has 0 bridgehead atoms. The van der Waals surface area contributed by atoms with Crippen LogP contribution in [0.4, 0.5) is 0 Å². The lowest BCUT2D eigenvalue weighted by atomic mass is 9.80. The standard InChI is InChI=1S/C8H14O3/c1-6-5-8(2,7(9)10)3-4-11-6/h6H,3-5H2,1-2H3,(H,9,10)/t6-,8+/m0/s1. The van der Waals surface area contributed by atoms with Crippen LogP contribution in [0, 0.1) is 5.41 Å². The topological polar surface area (TPSA) is 46.5 Å². The Morgan fingerprint density at radius 3 is 2.73 bits per heavy atom. The number of hydrogen-bond donors (Lipinski definition) is 1. The van der Waals surface area contributed by atoms with Crippen molar-refractivity contribution in [3.8, 4) is 0 Å². The molecule has 1 fully saturated rings. The molecule has 1 heterocycles. The van der Waals surface area contributed by atoms with Gasteiger partial charge in [-0.3, -0.25) is 4.79 Å². The van der Waals surface area contributed by atoms with E-state index in [9.17, 15) is 4.79 Å². The van der Waals surface area contributed by atoms with Crippen molar-refractivity contribution in [3.05, 3.63) is 0 Å². The lowest BCUT2D eigenvalue weighted by molar-refractivity contribution is -0.156. The molecule has 1 aliphatic rings. The highest BCUT2D eigenvalue weighted by Gasteiger charge is 2.37. The van der Waals surface area contributed by atoms with E-state index < -0.39 is 11.4 Å². The van der Waals surface area contributed by atoms with Gasteiger partial charge in [-0.15, -0.1) is 0 Å². The van der Waals surface area contributed by atoms with Gasteiger partial charge in [0.2, 0.25) is 0 Å². The summed E-state index contributed by atoms with van der Waals surface area (Å²) in [5, 5.41) is 8.86. The van der Waals surface area contributed by atoms with Gasteiger partial charge in [0.15, 0.2) is 0 Å². The Balaban J connectivity index is 2.63. The molecule has 0 aliphatic carbocycles. The summed E-state index contributed by atoms with van der Waals surface area (Å²) in [7, 11) is 0. The van der Waals surface area contributed by atoms with Gasteiger partial charge in [-0.25, -0.2) is 0 Å². The number of carboxylic acid groups (broad SMARTS) is 1. The molecule has 0 aromatic heterocycles. The minimum atomic E-state index is -0.701. The van der Waals surface area contributed by atoms with E-state index in [-0.39, 0.29) is 6.10 Å². The first kappa shape index (κ1) is 8.53. The molecule has 0 radical (unpaired) electrons. The Hall–Kier alpha value is -0.570. The highest BCUT2D eigenvalue weighted by Crippen LogP contribution is 2.32. The maximum absolute atomic E-state index is 10.8. The Labute approximate surface area is 66.4 Å². The molecule has 3 heteroatoms. The monoisotopic (exact) mass is 158 g/mol. The molecular weight excluding hydrogens is 144 g/mol. The molecule has 0 aromatic carbocycles. The molecule has 0 spiro atoms. The van der Waals surface area contributed by atoms with Crippen molar-refractivity contribution in [2.45, 2.75) is 32.8 Å². The molecule has 1 rings (SSSR count). The van der Waals surface area contributed by atoms with Gasteiger partial charge in [-0.05, 0) is 26.7 Å². The molecule has 0 aromatic rings. The SMILES string of the molecule is C[C@H]1C[C@](C)(C(=O)O)CCO1. The van der Waals surface area contributed by atoms with E-state index in [0.29, 0.717) is 19.4 Å². The summed E-state index contributed by atoms with van der Waals surface area (Å²) >= 11 is 0. The van der Waals surface area contributed by atoms with E-state index in [0.717, 1.165) is 0 Å². The Kier molecular flexibility index (Phi) is 2.18. The first-order valence-corrected chi connectivity index (χ1v) is 3.89. The van der Waals surface area contributed by atoms with Crippen molar-refractivity contribution in [2.75, 3.05) is 6.61 Å². The van der Waals surface area contributed by atoms with E-state index in [2.05, 4.69) is 0 Å². The van der Waals surface area contributed by atoms with Crippen molar-refractivity contribution in [1.82, 2.24) is 0 Å². The second kappa shape index (κ2) is 2.81. The summed E-state index contributed by atoms with van der Waals surface area (Å²) in [5.41, 5.74) is -0.558. The maximum atomic E-state index is 10.8. The number of rotatable bonds is 1. The second-order valence-electron chi connectivity index (χ2n) is 3.50. The van der Waals surface area contributed by atoms with E-state index in [1.54, 1.807) is 6.92 Å². The first-order valence-electron chi connectivity index (χ1n) is 3.89. The molecule has 1 saturated heterocycles. The Morgan fingerprint density at radius 1 is 1.73 bits per heavy atom. The number of aliphatic carboxylic acids is 1. The van der Waals surface area contributed by atoms with Gasteiger partial charge in [-0.1, -0.05) is 0 Å². The normalized spacial score (nSPS) is 38.5. The Bertz CT molecular complexity index is 167. The quantitative estimate of drug-likeness (QED) is 0.625. The molecule has 2 atom stereocenters. The van der Waals surface area contributed by atoms with Crippen LogP contribution in [-0.2, 0) is 9.53 Å². The summed E-state index contributed by atoms with van der Waals surface area (Å²) < 4.78 is 5.26. The van der Waals surface area contributed by atoms with Crippen LogP contribution < -0.4 is 0 Å². The van der Waals surface area contributed by atoms with Crippen LogP contribution in [-0.4, -0.2) is 23.8 Å². The van der Waals surface area contributed by atoms with Gasteiger partial charge < -0.3 is 9.84 Å². The number of carbonyl (C=O) groups is 1. The van der Waals surface area contributed by atoms with Crippen LogP contribution in [0.25, 0.3) is 0 Å². The van der Waals surface area contributed by atoms with Crippen molar-refractivity contribution in [1.29, 1.82) is 0 Å². The van der Waals surface area contributed by atoms with E-state index >= 15 is 0 Å². The maximum Gasteiger partial charge on any atom is 0.309 e. The van der Waals surface area contributed by atoms with E-state index in [4.69, 9.17) is 9.84 Å². The minimum absolute atomic E-state index is 0.0878. The van der Waals surface area contributed by atoms with E-state index in [1.165, 1.54) is 0 Å². The van der Waals surface area contributed by atoms with Crippen LogP contribution in [0.15, 0.2) is 0 Å². The molecular formula is C8H14O3. The molecule has 64 valence electrons. The third-order valence-corrected chi connectivity index (χ3v) is 2.31. The summed E-state index contributed by atoms with van der Waals surface area (Å²) in [4.78, 5) is 10.8. The molecule has 11 heavy (non-hydrogen) atoms. The summed E-state index contributed by atoms with van der Waals surface area (Å²) in [6.45, 7) is 4.28. The largest absolute Gasteiger partial charge is 0.481 e. The van der Waals surface area contributed by atoms with Crippen molar-refractivity contribution < 1.29 is 14.6 Å². The fourth-order valence-corrected chi connectivity index (χ4v) is 1.48. The van der Waals surface area contributed by atoms with Crippen LogP contribution in [0.5, 0.6) is 0 Å². The minimum Gasteiger partial charge on any atom is -0.481 e. The van der Waals surface area contributed by atoms with Crippen LogP contribution in [0.1, 0.15) is 26.7 Å². The molecule has 3 nitrogen and oxygen atoms in total. The highest BCUT2D eigenvalue weighted by molar-refractivity contribution is 5.74. The van der Waals surface area contributed by atoms with Crippen molar-refractivity contribution in [2.24, 2.45) is 5.41 Å².